The van der Waals surface area contributed by atoms with Crippen molar-refractivity contribution in [2.24, 2.45) is 5.41 Å². The molecule has 0 unspecified atom stereocenters. The summed E-state index contributed by atoms with van der Waals surface area (Å²) in [6.45, 7) is 7.29. The van der Waals surface area contributed by atoms with Gasteiger partial charge in [0.05, 0.1) is 5.56 Å². The molecule has 2 fully saturated rings. The molecule has 0 bridgehead atoms. The number of rotatable bonds is 2. The second kappa shape index (κ2) is 7.41. The molecule has 3 heterocycles. The number of carboxylic acid groups (broad SMARTS) is 1. The van der Waals surface area contributed by atoms with Gasteiger partial charge in [-0.3, -0.25) is 9.69 Å². The largest absolute Gasteiger partial charge is 0.478 e. The minimum atomic E-state index is -1.05. The average Bonchev–Trinajstić information content (AvgIpc) is 2.63. The van der Waals surface area contributed by atoms with Gasteiger partial charge < -0.3 is 14.7 Å². The van der Waals surface area contributed by atoms with Crippen LogP contribution in [0.25, 0.3) is 0 Å². The van der Waals surface area contributed by atoms with Crippen molar-refractivity contribution in [1.82, 2.24) is 9.88 Å². The number of amides is 2. The monoisotopic (exact) mass is 389 g/mol. The van der Waals surface area contributed by atoms with Crippen molar-refractivity contribution < 1.29 is 24.2 Å². The van der Waals surface area contributed by atoms with Crippen LogP contribution in [-0.4, -0.2) is 58.2 Å². The van der Waals surface area contributed by atoms with Gasteiger partial charge in [-0.25, -0.2) is 14.6 Å². The summed E-state index contributed by atoms with van der Waals surface area (Å²) in [5, 5.41) is 9.01. The molecular weight excluding hydrogens is 362 g/mol. The smallest absolute Gasteiger partial charge is 0.410 e. The Kier molecular flexibility index (Phi) is 5.32. The number of aromatic nitrogens is 1. The SMILES string of the molecule is CC(C)(C)OC(=O)N1CCC2(CCC(=O)N(c3ccc(C(=O)O)cn3)C2)CC1. The third kappa shape index (κ3) is 4.43. The maximum absolute atomic E-state index is 12.5. The molecule has 2 aliphatic rings. The van der Waals surface area contributed by atoms with E-state index >= 15 is 0 Å². The summed E-state index contributed by atoms with van der Waals surface area (Å²) >= 11 is 0. The fourth-order valence-corrected chi connectivity index (χ4v) is 3.79. The Morgan fingerprint density at radius 1 is 1.18 bits per heavy atom. The molecule has 1 aromatic rings. The lowest BCUT2D eigenvalue weighted by Gasteiger charge is -2.47. The molecule has 8 nitrogen and oxygen atoms in total. The summed E-state index contributed by atoms with van der Waals surface area (Å²) in [6, 6.07) is 3.04. The van der Waals surface area contributed by atoms with Crippen LogP contribution < -0.4 is 4.90 Å². The lowest BCUT2D eigenvalue weighted by molar-refractivity contribution is -0.122. The van der Waals surface area contributed by atoms with Crippen LogP contribution in [0.3, 0.4) is 0 Å². The van der Waals surface area contributed by atoms with Crippen molar-refractivity contribution in [3.05, 3.63) is 23.9 Å². The standard InChI is InChI=1S/C20H27N3O5/c1-19(2,3)28-18(27)22-10-8-20(9-11-22)7-6-16(24)23(13-20)15-5-4-14(12-21-15)17(25)26/h4-5,12H,6-11,13H2,1-3H3,(H,25,26). The number of likely N-dealkylation sites (tertiary alicyclic amines) is 1. The molecule has 1 spiro atoms. The summed E-state index contributed by atoms with van der Waals surface area (Å²) < 4.78 is 5.46. The van der Waals surface area contributed by atoms with Gasteiger partial charge in [-0.1, -0.05) is 0 Å². The van der Waals surface area contributed by atoms with Crippen molar-refractivity contribution >= 4 is 23.8 Å². The maximum atomic E-state index is 12.5. The number of carbonyl (C=O) groups excluding carboxylic acids is 2. The highest BCUT2D eigenvalue weighted by Crippen LogP contribution is 2.41. The molecule has 1 aromatic heterocycles. The van der Waals surface area contributed by atoms with Gasteiger partial charge in [0.25, 0.3) is 0 Å². The van der Waals surface area contributed by atoms with Crippen LogP contribution in [0.2, 0.25) is 0 Å². The summed E-state index contributed by atoms with van der Waals surface area (Å²) in [7, 11) is 0. The van der Waals surface area contributed by atoms with Crippen LogP contribution in [0.15, 0.2) is 18.3 Å². The van der Waals surface area contributed by atoms with Crippen LogP contribution in [0.5, 0.6) is 0 Å². The summed E-state index contributed by atoms with van der Waals surface area (Å²) in [5.41, 5.74) is -0.484. The molecule has 28 heavy (non-hydrogen) atoms. The Labute approximate surface area is 164 Å². The fraction of sp³-hybridized carbons (Fsp3) is 0.600. The first-order valence-electron chi connectivity index (χ1n) is 9.56. The highest BCUT2D eigenvalue weighted by Gasteiger charge is 2.43. The van der Waals surface area contributed by atoms with E-state index in [0.717, 1.165) is 19.3 Å². The van der Waals surface area contributed by atoms with Crippen LogP contribution in [-0.2, 0) is 9.53 Å². The molecule has 1 N–H and O–H groups in total. The number of hydrogen-bond acceptors (Lipinski definition) is 5. The van der Waals surface area contributed by atoms with E-state index in [4.69, 9.17) is 9.84 Å². The van der Waals surface area contributed by atoms with E-state index in [9.17, 15) is 14.4 Å². The first-order chi connectivity index (χ1) is 13.1. The number of ether oxygens (including phenoxy) is 1. The van der Waals surface area contributed by atoms with Crippen molar-refractivity contribution in [1.29, 1.82) is 0 Å². The minimum Gasteiger partial charge on any atom is -0.478 e. The van der Waals surface area contributed by atoms with Gasteiger partial charge in [-0.05, 0) is 57.6 Å². The van der Waals surface area contributed by atoms with E-state index in [-0.39, 0.29) is 23.0 Å². The van der Waals surface area contributed by atoms with Gasteiger partial charge in [-0.15, -0.1) is 0 Å². The van der Waals surface area contributed by atoms with Gasteiger partial charge in [0.15, 0.2) is 0 Å². The normalized spacial score (nSPS) is 19.6. The molecule has 0 atom stereocenters. The Hall–Kier alpha value is -2.64. The van der Waals surface area contributed by atoms with Crippen molar-refractivity contribution in [3.8, 4) is 0 Å². The number of hydrogen-bond donors (Lipinski definition) is 1. The highest BCUT2D eigenvalue weighted by atomic mass is 16.6. The summed E-state index contributed by atoms with van der Waals surface area (Å²) in [5.74, 6) is -0.575. The number of pyridine rings is 1. The van der Waals surface area contributed by atoms with E-state index < -0.39 is 11.6 Å². The predicted molar refractivity (Wildman–Crippen MR) is 102 cm³/mol. The van der Waals surface area contributed by atoms with Crippen molar-refractivity contribution in [2.45, 2.75) is 52.1 Å². The molecule has 152 valence electrons. The molecule has 0 saturated carbocycles. The molecule has 8 heteroatoms. The second-order valence-electron chi connectivity index (χ2n) is 8.66. The van der Waals surface area contributed by atoms with Gasteiger partial charge in [0, 0.05) is 32.3 Å². The van der Waals surface area contributed by atoms with E-state index in [1.807, 2.05) is 20.8 Å². The topological polar surface area (TPSA) is 100 Å². The van der Waals surface area contributed by atoms with Gasteiger partial charge in [0.1, 0.15) is 11.4 Å². The molecule has 2 amide bonds. The first-order valence-corrected chi connectivity index (χ1v) is 9.56. The Balaban J connectivity index is 1.67. The zero-order chi connectivity index (χ0) is 20.5. The lowest BCUT2D eigenvalue weighted by atomic mass is 9.72. The number of carbonyl (C=O) groups is 3. The number of nitrogens with zero attached hydrogens (tertiary/aromatic N) is 3. The van der Waals surface area contributed by atoms with E-state index in [1.165, 1.54) is 12.3 Å². The van der Waals surface area contributed by atoms with Gasteiger partial charge in [-0.2, -0.15) is 0 Å². The molecule has 0 aromatic carbocycles. The zero-order valence-electron chi connectivity index (χ0n) is 16.6. The number of anilines is 1. The van der Waals surface area contributed by atoms with Crippen molar-refractivity contribution in [3.63, 3.8) is 0 Å². The zero-order valence-corrected chi connectivity index (χ0v) is 16.6. The second-order valence-corrected chi connectivity index (χ2v) is 8.66. The molecule has 0 radical (unpaired) electrons. The Morgan fingerprint density at radius 3 is 2.39 bits per heavy atom. The number of aromatic carboxylic acids is 1. The average molecular weight is 389 g/mol. The lowest BCUT2D eigenvalue weighted by Crippen LogP contribution is -2.53. The van der Waals surface area contributed by atoms with Crippen LogP contribution in [0, 0.1) is 5.41 Å². The maximum Gasteiger partial charge on any atom is 0.410 e. The third-order valence-corrected chi connectivity index (χ3v) is 5.41. The summed E-state index contributed by atoms with van der Waals surface area (Å²) in [6.07, 6.45) is 3.79. The van der Waals surface area contributed by atoms with Crippen LogP contribution in [0.1, 0.15) is 56.8 Å². The van der Waals surface area contributed by atoms with Gasteiger partial charge >= 0.3 is 12.1 Å². The number of carboxylic acids is 1. The number of piperidine rings is 2. The first kappa shape index (κ1) is 20.1. The van der Waals surface area contributed by atoms with E-state index in [2.05, 4.69) is 4.98 Å². The van der Waals surface area contributed by atoms with E-state index in [1.54, 1.807) is 15.9 Å². The summed E-state index contributed by atoms with van der Waals surface area (Å²) in [4.78, 5) is 43.3. The molecule has 2 saturated heterocycles. The molecule has 2 aliphatic heterocycles. The molecule has 3 rings (SSSR count). The highest BCUT2D eigenvalue weighted by molar-refractivity contribution is 5.94. The van der Waals surface area contributed by atoms with Crippen LogP contribution >= 0.6 is 0 Å². The van der Waals surface area contributed by atoms with Crippen LogP contribution in [0.4, 0.5) is 10.6 Å². The van der Waals surface area contributed by atoms with E-state index in [0.29, 0.717) is 31.9 Å². The minimum absolute atomic E-state index is 0.00391. The Morgan fingerprint density at radius 2 is 1.86 bits per heavy atom. The predicted octanol–water partition coefficient (Wildman–Crippen LogP) is 2.92. The van der Waals surface area contributed by atoms with Crippen molar-refractivity contribution in [2.75, 3.05) is 24.5 Å². The molecular formula is C20H27N3O5. The molecule has 0 aliphatic carbocycles. The van der Waals surface area contributed by atoms with Gasteiger partial charge in [0.2, 0.25) is 5.91 Å². The fourth-order valence-electron chi connectivity index (χ4n) is 3.79. The Bertz CT molecular complexity index is 761. The quantitative estimate of drug-likeness (QED) is 0.835. The third-order valence-electron chi connectivity index (χ3n) is 5.41.